The molecular weight excluding hydrogens is 302 g/mol. The maximum atomic E-state index is 12.7. The lowest BCUT2D eigenvalue weighted by Crippen LogP contribution is -2.12. The summed E-state index contributed by atoms with van der Waals surface area (Å²) in [7, 11) is 4.06. The second-order valence-electron chi connectivity index (χ2n) is 6.02. The number of carbonyl (C=O) groups excluding carboxylic acids is 1. The number of carbonyl (C=O) groups is 1. The molecule has 1 aromatic heterocycles. The van der Waals surface area contributed by atoms with Crippen LogP contribution in [0.4, 0.5) is 5.69 Å². The minimum Gasteiger partial charge on any atom is -0.378 e. The van der Waals surface area contributed by atoms with E-state index in [1.54, 1.807) is 11.3 Å². The van der Waals surface area contributed by atoms with Crippen molar-refractivity contribution in [3.05, 3.63) is 63.4 Å². The molecule has 1 aliphatic carbocycles. The van der Waals surface area contributed by atoms with Crippen LogP contribution in [0.15, 0.2) is 52.9 Å². The van der Waals surface area contributed by atoms with Gasteiger partial charge in [0.2, 0.25) is 0 Å². The Kier molecular flexibility index (Phi) is 4.77. The predicted molar refractivity (Wildman–Crippen MR) is 99.9 cm³/mol. The average Bonchev–Trinajstić information content (AvgIpc) is 3.05. The molecular formula is C20H21NOS. The summed E-state index contributed by atoms with van der Waals surface area (Å²) in [5.41, 5.74) is 4.13. The molecule has 0 radical (unpaired) electrons. The molecule has 118 valence electrons. The number of Topliss-reactive ketones (excluding diaryl/α,β-unsaturated/α-hetero) is 1. The fourth-order valence-corrected chi connectivity index (χ4v) is 3.47. The van der Waals surface area contributed by atoms with Gasteiger partial charge >= 0.3 is 0 Å². The van der Waals surface area contributed by atoms with Crippen molar-refractivity contribution in [2.45, 2.75) is 19.3 Å². The van der Waals surface area contributed by atoms with Crippen molar-refractivity contribution in [2.75, 3.05) is 19.0 Å². The molecule has 0 unspecified atom stereocenters. The molecule has 0 bridgehead atoms. The summed E-state index contributed by atoms with van der Waals surface area (Å²) in [4.78, 5) is 15.9. The van der Waals surface area contributed by atoms with Crippen molar-refractivity contribution in [3.8, 4) is 0 Å². The molecule has 2 nitrogen and oxygen atoms in total. The van der Waals surface area contributed by atoms with E-state index in [4.69, 9.17) is 0 Å². The maximum Gasteiger partial charge on any atom is 0.185 e. The van der Waals surface area contributed by atoms with Crippen LogP contribution in [-0.2, 0) is 4.79 Å². The number of ketones is 1. The predicted octanol–water partition coefficient (Wildman–Crippen LogP) is 5.03. The highest BCUT2D eigenvalue weighted by Gasteiger charge is 2.20. The highest BCUT2D eigenvalue weighted by atomic mass is 32.1. The third-order valence-corrected chi connectivity index (χ3v) is 4.90. The minimum atomic E-state index is 0.210. The summed E-state index contributed by atoms with van der Waals surface area (Å²) in [6.45, 7) is 0. The first-order valence-electron chi connectivity index (χ1n) is 7.90. The molecule has 0 N–H and O–H groups in total. The van der Waals surface area contributed by atoms with E-state index in [0.717, 1.165) is 40.8 Å². The summed E-state index contributed by atoms with van der Waals surface area (Å²) < 4.78 is 0. The maximum absolute atomic E-state index is 12.7. The summed E-state index contributed by atoms with van der Waals surface area (Å²) in [6, 6.07) is 12.4. The van der Waals surface area contributed by atoms with Crippen LogP contribution in [0.1, 0.15) is 29.7 Å². The van der Waals surface area contributed by atoms with Gasteiger partial charge in [-0.1, -0.05) is 18.2 Å². The normalized spacial score (nSPS) is 18.6. The number of nitrogens with zero attached hydrogens (tertiary/aromatic N) is 1. The smallest absolute Gasteiger partial charge is 0.185 e. The summed E-state index contributed by atoms with van der Waals surface area (Å²) >= 11 is 1.68. The molecule has 1 aliphatic rings. The van der Waals surface area contributed by atoms with Gasteiger partial charge in [-0.2, -0.15) is 0 Å². The molecule has 1 fully saturated rings. The Morgan fingerprint density at radius 1 is 1.00 bits per heavy atom. The SMILES string of the molecule is CN(C)c1ccc(/C=C2\CCCC(=Cc3cccs3)C2=O)cc1. The van der Waals surface area contributed by atoms with Crippen LogP contribution < -0.4 is 4.90 Å². The first-order valence-corrected chi connectivity index (χ1v) is 8.78. The molecule has 1 aromatic carbocycles. The van der Waals surface area contributed by atoms with E-state index in [0.29, 0.717) is 0 Å². The topological polar surface area (TPSA) is 20.3 Å². The van der Waals surface area contributed by atoms with Gasteiger partial charge in [0, 0.05) is 35.8 Å². The highest BCUT2D eigenvalue weighted by Crippen LogP contribution is 2.29. The highest BCUT2D eigenvalue weighted by molar-refractivity contribution is 7.10. The van der Waals surface area contributed by atoms with Crippen LogP contribution in [0.3, 0.4) is 0 Å². The van der Waals surface area contributed by atoms with E-state index in [9.17, 15) is 4.79 Å². The third-order valence-electron chi connectivity index (χ3n) is 4.09. The van der Waals surface area contributed by atoms with Crippen LogP contribution in [0, 0.1) is 0 Å². The molecule has 0 amide bonds. The van der Waals surface area contributed by atoms with Crippen LogP contribution in [-0.4, -0.2) is 19.9 Å². The largest absolute Gasteiger partial charge is 0.378 e. The van der Waals surface area contributed by atoms with Crippen molar-refractivity contribution in [1.82, 2.24) is 0 Å². The quantitative estimate of drug-likeness (QED) is 0.738. The fraction of sp³-hybridized carbons (Fsp3) is 0.250. The van der Waals surface area contributed by atoms with Gasteiger partial charge in [0.05, 0.1) is 0 Å². The molecule has 1 saturated carbocycles. The number of hydrogen-bond donors (Lipinski definition) is 0. The molecule has 0 aliphatic heterocycles. The van der Waals surface area contributed by atoms with E-state index >= 15 is 0 Å². The van der Waals surface area contributed by atoms with Crippen molar-refractivity contribution in [2.24, 2.45) is 0 Å². The van der Waals surface area contributed by atoms with Gasteiger partial charge in [-0.15, -0.1) is 11.3 Å². The second kappa shape index (κ2) is 6.97. The Balaban J connectivity index is 1.83. The Bertz CT molecular complexity index is 736. The molecule has 3 heteroatoms. The zero-order valence-electron chi connectivity index (χ0n) is 13.6. The van der Waals surface area contributed by atoms with Gasteiger partial charge in [0.1, 0.15) is 0 Å². The zero-order chi connectivity index (χ0) is 16.2. The van der Waals surface area contributed by atoms with Crippen molar-refractivity contribution < 1.29 is 4.79 Å². The first kappa shape index (κ1) is 15.8. The number of thiophene rings is 1. The van der Waals surface area contributed by atoms with E-state index in [2.05, 4.69) is 41.3 Å². The first-order chi connectivity index (χ1) is 11.1. The van der Waals surface area contributed by atoms with Gasteiger partial charge in [-0.05, 0) is 60.6 Å². The van der Waals surface area contributed by atoms with Crippen LogP contribution in [0.2, 0.25) is 0 Å². The molecule has 3 rings (SSSR count). The molecule has 0 atom stereocenters. The lowest BCUT2D eigenvalue weighted by molar-refractivity contribution is -0.112. The van der Waals surface area contributed by atoms with Crippen molar-refractivity contribution in [1.29, 1.82) is 0 Å². The van der Waals surface area contributed by atoms with Crippen LogP contribution in [0.5, 0.6) is 0 Å². The van der Waals surface area contributed by atoms with E-state index in [1.807, 2.05) is 31.6 Å². The number of allylic oxidation sites excluding steroid dienone is 2. The summed E-state index contributed by atoms with van der Waals surface area (Å²) in [6.07, 6.45) is 6.90. The lowest BCUT2D eigenvalue weighted by atomic mass is 9.87. The minimum absolute atomic E-state index is 0.210. The lowest BCUT2D eigenvalue weighted by Gasteiger charge is -2.16. The number of benzene rings is 1. The Labute approximate surface area is 141 Å². The standard InChI is InChI=1S/C20H21NOS/c1-21(2)18-10-8-15(9-11-18)13-16-5-3-6-17(20(16)22)14-19-7-4-12-23-19/h4,7-14H,3,5-6H2,1-2H3/b16-13+,17-14?. The van der Waals surface area contributed by atoms with Gasteiger partial charge in [-0.3, -0.25) is 4.79 Å². The van der Waals surface area contributed by atoms with Gasteiger partial charge in [0.15, 0.2) is 5.78 Å². The van der Waals surface area contributed by atoms with Crippen molar-refractivity contribution >= 4 is 35.0 Å². The second-order valence-corrected chi connectivity index (χ2v) is 7.00. The third kappa shape index (κ3) is 3.80. The fourth-order valence-electron chi connectivity index (χ4n) is 2.79. The van der Waals surface area contributed by atoms with Crippen LogP contribution >= 0.6 is 11.3 Å². The van der Waals surface area contributed by atoms with Gasteiger partial charge < -0.3 is 4.90 Å². The Hall–Kier alpha value is -2.13. The molecule has 0 spiro atoms. The summed E-state index contributed by atoms with van der Waals surface area (Å²) in [5, 5.41) is 2.04. The Morgan fingerprint density at radius 3 is 2.30 bits per heavy atom. The molecule has 0 saturated heterocycles. The zero-order valence-corrected chi connectivity index (χ0v) is 14.4. The number of rotatable bonds is 3. The van der Waals surface area contributed by atoms with Crippen LogP contribution in [0.25, 0.3) is 12.2 Å². The summed E-state index contributed by atoms with van der Waals surface area (Å²) in [5.74, 6) is 0.210. The van der Waals surface area contributed by atoms with E-state index < -0.39 is 0 Å². The van der Waals surface area contributed by atoms with Gasteiger partial charge in [0.25, 0.3) is 0 Å². The van der Waals surface area contributed by atoms with E-state index in [-0.39, 0.29) is 5.78 Å². The Morgan fingerprint density at radius 2 is 1.70 bits per heavy atom. The van der Waals surface area contributed by atoms with Crippen molar-refractivity contribution in [3.63, 3.8) is 0 Å². The number of hydrogen-bond acceptors (Lipinski definition) is 3. The van der Waals surface area contributed by atoms with E-state index in [1.165, 1.54) is 5.69 Å². The monoisotopic (exact) mass is 323 g/mol. The number of anilines is 1. The molecule has 23 heavy (non-hydrogen) atoms. The molecule has 1 heterocycles. The molecule has 2 aromatic rings. The average molecular weight is 323 g/mol. The van der Waals surface area contributed by atoms with Gasteiger partial charge in [-0.25, -0.2) is 0 Å².